The Labute approximate surface area is 116 Å². The number of hydrogen-bond acceptors (Lipinski definition) is 2. The van der Waals surface area contributed by atoms with E-state index in [2.05, 4.69) is 9.98 Å². The minimum atomic E-state index is -0.521. The lowest BCUT2D eigenvalue weighted by atomic mass is 10.1. The van der Waals surface area contributed by atoms with Gasteiger partial charge in [-0.15, -0.1) is 0 Å². The zero-order valence-electron chi connectivity index (χ0n) is 10.7. The van der Waals surface area contributed by atoms with Gasteiger partial charge in [0.25, 0.3) is 0 Å². The van der Waals surface area contributed by atoms with Crippen LogP contribution >= 0.6 is 0 Å². The van der Waals surface area contributed by atoms with Gasteiger partial charge in [-0.25, -0.2) is 4.79 Å². The Morgan fingerprint density at radius 1 is 0.850 bits per heavy atom. The van der Waals surface area contributed by atoms with Crippen LogP contribution in [0.15, 0.2) is 70.6 Å². The van der Waals surface area contributed by atoms with E-state index < -0.39 is 6.03 Å². The van der Waals surface area contributed by atoms with Gasteiger partial charge in [-0.3, -0.25) is 0 Å². The third-order valence-corrected chi connectivity index (χ3v) is 2.87. The first-order chi connectivity index (χ1) is 9.83. The van der Waals surface area contributed by atoms with Crippen LogP contribution < -0.4 is 0 Å². The molecule has 0 saturated carbocycles. The van der Waals surface area contributed by atoms with E-state index in [-0.39, 0.29) is 5.90 Å². The first kappa shape index (κ1) is 12.3. The highest BCUT2D eigenvalue weighted by molar-refractivity contribution is 6.50. The van der Waals surface area contributed by atoms with Crippen LogP contribution in [0.2, 0.25) is 0 Å². The smallest absolute Gasteiger partial charge is 0.371 e. The van der Waals surface area contributed by atoms with Gasteiger partial charge in [-0.1, -0.05) is 60.7 Å². The number of amides is 2. The van der Waals surface area contributed by atoms with Gasteiger partial charge in [0.15, 0.2) is 0 Å². The average Bonchev–Trinajstić information content (AvgIpc) is 2.88. The highest BCUT2D eigenvalue weighted by Crippen LogP contribution is 2.12. The number of nitrogens with zero attached hydrogens (tertiary/aromatic N) is 2. The van der Waals surface area contributed by atoms with Crippen LogP contribution in [0.1, 0.15) is 11.1 Å². The summed E-state index contributed by atoms with van der Waals surface area (Å²) < 4.78 is 5.62. The number of ether oxygens (including phenoxy) is 1. The van der Waals surface area contributed by atoms with Crippen molar-refractivity contribution >= 4 is 17.6 Å². The SMILES string of the molecule is O=C1N=C(OCc2ccccc2)C(c2ccccc2)=N1. The third kappa shape index (κ3) is 2.64. The lowest BCUT2D eigenvalue weighted by molar-refractivity contribution is 0.256. The number of rotatable bonds is 3. The van der Waals surface area contributed by atoms with Crippen LogP contribution in [-0.4, -0.2) is 17.6 Å². The van der Waals surface area contributed by atoms with E-state index in [1.54, 1.807) is 0 Å². The fourth-order valence-corrected chi connectivity index (χ4v) is 1.92. The zero-order valence-corrected chi connectivity index (χ0v) is 10.7. The van der Waals surface area contributed by atoms with Crippen molar-refractivity contribution in [3.8, 4) is 0 Å². The summed E-state index contributed by atoms with van der Waals surface area (Å²) in [5.41, 5.74) is 2.33. The van der Waals surface area contributed by atoms with Gasteiger partial charge in [0.1, 0.15) is 12.3 Å². The maximum absolute atomic E-state index is 11.4. The van der Waals surface area contributed by atoms with E-state index in [1.807, 2.05) is 60.7 Å². The van der Waals surface area contributed by atoms with E-state index in [0.717, 1.165) is 11.1 Å². The molecule has 4 heteroatoms. The summed E-state index contributed by atoms with van der Waals surface area (Å²) in [6, 6.07) is 18.6. The summed E-state index contributed by atoms with van der Waals surface area (Å²) in [7, 11) is 0. The molecule has 0 fully saturated rings. The zero-order chi connectivity index (χ0) is 13.8. The highest BCUT2D eigenvalue weighted by Gasteiger charge is 2.22. The summed E-state index contributed by atoms with van der Waals surface area (Å²) >= 11 is 0. The van der Waals surface area contributed by atoms with Crippen LogP contribution in [0.4, 0.5) is 4.79 Å². The molecule has 2 aromatic rings. The second-order valence-corrected chi connectivity index (χ2v) is 4.30. The van der Waals surface area contributed by atoms with Crippen molar-refractivity contribution in [2.45, 2.75) is 6.61 Å². The predicted octanol–water partition coefficient (Wildman–Crippen LogP) is 3.22. The second kappa shape index (κ2) is 5.48. The van der Waals surface area contributed by atoms with E-state index in [4.69, 9.17) is 4.74 Å². The van der Waals surface area contributed by atoms with E-state index >= 15 is 0 Å². The standard InChI is InChI=1S/C16H12N2O2/c19-16-17-14(13-9-5-2-6-10-13)15(18-16)20-11-12-7-3-1-4-8-12/h1-10H,11H2. The maximum atomic E-state index is 11.4. The molecule has 98 valence electrons. The molecule has 0 radical (unpaired) electrons. The average molecular weight is 264 g/mol. The third-order valence-electron chi connectivity index (χ3n) is 2.87. The number of carbonyl (C=O) groups excluding carboxylic acids is 1. The molecule has 4 nitrogen and oxygen atoms in total. The number of urea groups is 1. The molecule has 2 aromatic carbocycles. The van der Waals surface area contributed by atoms with Crippen LogP contribution in [-0.2, 0) is 11.3 Å². The minimum absolute atomic E-state index is 0.282. The maximum Gasteiger partial charge on any atom is 0.371 e. The fraction of sp³-hybridized carbons (Fsp3) is 0.0625. The molecule has 0 spiro atoms. The highest BCUT2D eigenvalue weighted by atomic mass is 16.5. The first-order valence-electron chi connectivity index (χ1n) is 6.27. The monoisotopic (exact) mass is 264 g/mol. The summed E-state index contributed by atoms with van der Waals surface area (Å²) in [5.74, 6) is 0.282. The molecule has 0 saturated heterocycles. The molecule has 0 bridgehead atoms. The molecule has 0 aromatic heterocycles. The molecule has 20 heavy (non-hydrogen) atoms. The Balaban J connectivity index is 1.78. The van der Waals surface area contributed by atoms with Gasteiger partial charge in [-0.05, 0) is 5.56 Å². The van der Waals surface area contributed by atoms with Gasteiger partial charge in [0, 0.05) is 5.56 Å². The number of carbonyl (C=O) groups is 1. The number of benzene rings is 2. The predicted molar refractivity (Wildman–Crippen MR) is 77.0 cm³/mol. The van der Waals surface area contributed by atoms with Gasteiger partial charge < -0.3 is 4.74 Å². The Morgan fingerprint density at radius 3 is 2.20 bits per heavy atom. The molecule has 0 unspecified atom stereocenters. The van der Waals surface area contributed by atoms with Crippen molar-refractivity contribution in [3.63, 3.8) is 0 Å². The molecule has 3 rings (SSSR count). The molecule has 0 aliphatic carbocycles. The molecule has 0 N–H and O–H groups in total. The summed E-state index contributed by atoms with van der Waals surface area (Å²) in [4.78, 5) is 19.1. The lowest BCUT2D eigenvalue weighted by Gasteiger charge is -2.07. The Kier molecular flexibility index (Phi) is 3.37. The summed E-state index contributed by atoms with van der Waals surface area (Å²) in [6.07, 6.45) is 0. The van der Waals surface area contributed by atoms with Gasteiger partial charge >= 0.3 is 6.03 Å². The lowest BCUT2D eigenvalue weighted by Crippen LogP contribution is -2.16. The van der Waals surface area contributed by atoms with E-state index in [1.165, 1.54) is 0 Å². The van der Waals surface area contributed by atoms with Crippen molar-refractivity contribution in [1.82, 2.24) is 0 Å². The molecular weight excluding hydrogens is 252 g/mol. The Bertz CT molecular complexity index is 676. The van der Waals surface area contributed by atoms with E-state index in [9.17, 15) is 4.79 Å². The molecular formula is C16H12N2O2. The molecule has 0 atom stereocenters. The van der Waals surface area contributed by atoms with Crippen molar-refractivity contribution in [3.05, 3.63) is 71.8 Å². The number of aliphatic imine (C=N–C) groups is 2. The van der Waals surface area contributed by atoms with Crippen molar-refractivity contribution in [2.75, 3.05) is 0 Å². The second-order valence-electron chi connectivity index (χ2n) is 4.30. The minimum Gasteiger partial charge on any atom is -0.471 e. The Hall–Kier alpha value is -2.75. The van der Waals surface area contributed by atoms with Crippen molar-refractivity contribution in [1.29, 1.82) is 0 Å². The van der Waals surface area contributed by atoms with Crippen molar-refractivity contribution in [2.24, 2.45) is 9.98 Å². The summed E-state index contributed by atoms with van der Waals surface area (Å²) in [5, 5.41) is 0. The van der Waals surface area contributed by atoms with Crippen LogP contribution in [0.25, 0.3) is 0 Å². The molecule has 2 amide bonds. The fourth-order valence-electron chi connectivity index (χ4n) is 1.92. The topological polar surface area (TPSA) is 51.0 Å². The Morgan fingerprint density at radius 2 is 1.50 bits per heavy atom. The first-order valence-corrected chi connectivity index (χ1v) is 6.27. The summed E-state index contributed by atoms with van der Waals surface area (Å²) in [6.45, 7) is 0.360. The molecule has 1 heterocycles. The normalized spacial score (nSPS) is 13.9. The number of hydrogen-bond donors (Lipinski definition) is 0. The van der Waals surface area contributed by atoms with Crippen molar-refractivity contribution < 1.29 is 9.53 Å². The van der Waals surface area contributed by atoms with Gasteiger partial charge in [-0.2, -0.15) is 9.98 Å². The van der Waals surface area contributed by atoms with Crippen LogP contribution in [0.3, 0.4) is 0 Å². The van der Waals surface area contributed by atoms with E-state index in [0.29, 0.717) is 12.3 Å². The largest absolute Gasteiger partial charge is 0.471 e. The van der Waals surface area contributed by atoms with Gasteiger partial charge in [0.05, 0.1) is 0 Å². The van der Waals surface area contributed by atoms with Gasteiger partial charge in [0.2, 0.25) is 5.90 Å². The molecule has 1 aliphatic rings. The molecule has 1 aliphatic heterocycles. The van der Waals surface area contributed by atoms with Crippen LogP contribution in [0, 0.1) is 0 Å². The quantitative estimate of drug-likeness (QED) is 0.854. The van der Waals surface area contributed by atoms with Crippen LogP contribution in [0.5, 0.6) is 0 Å².